The highest BCUT2D eigenvalue weighted by atomic mass is 16.2. The maximum atomic E-state index is 12.1. The molecule has 22 heavy (non-hydrogen) atoms. The third kappa shape index (κ3) is 3.08. The van der Waals surface area contributed by atoms with Gasteiger partial charge in [0, 0.05) is 24.9 Å². The number of amides is 1. The molecular formula is C15H19N5O2. The van der Waals surface area contributed by atoms with Crippen LogP contribution in [0.25, 0.3) is 0 Å². The van der Waals surface area contributed by atoms with Crippen molar-refractivity contribution >= 4 is 11.9 Å². The predicted octanol–water partition coefficient (Wildman–Crippen LogP) is 1.73. The number of nitrogens with zero attached hydrogens (tertiary/aromatic N) is 4. The molecule has 0 bridgehead atoms. The third-order valence-electron chi connectivity index (χ3n) is 4.05. The molecule has 2 aromatic rings. The number of hydrogen-bond acceptors (Lipinski definition) is 4. The largest absolute Gasteiger partial charge is 0.319 e. The first-order chi connectivity index (χ1) is 10.6. The van der Waals surface area contributed by atoms with Gasteiger partial charge in [-0.2, -0.15) is 0 Å². The number of rotatable bonds is 3. The highest BCUT2D eigenvalue weighted by molar-refractivity contribution is 6.03. The van der Waals surface area contributed by atoms with E-state index in [4.69, 9.17) is 0 Å². The number of aryl methyl sites for hydroxylation is 1. The summed E-state index contributed by atoms with van der Waals surface area (Å²) >= 11 is 0. The zero-order chi connectivity index (χ0) is 15.5. The van der Waals surface area contributed by atoms with Crippen molar-refractivity contribution in [3.8, 4) is 0 Å². The Balaban J connectivity index is 1.70. The Kier molecular flexibility index (Phi) is 4.04. The molecule has 116 valence electrons. The van der Waals surface area contributed by atoms with Crippen molar-refractivity contribution in [2.24, 2.45) is 7.05 Å². The number of pyridine rings is 1. The second-order valence-corrected chi connectivity index (χ2v) is 5.66. The zero-order valence-electron chi connectivity index (χ0n) is 12.5. The Morgan fingerprint density at radius 1 is 1.32 bits per heavy atom. The summed E-state index contributed by atoms with van der Waals surface area (Å²) in [6, 6.07) is 3.26. The van der Waals surface area contributed by atoms with Crippen LogP contribution in [0.1, 0.15) is 48.5 Å². The molecule has 0 aromatic carbocycles. The fourth-order valence-electron chi connectivity index (χ4n) is 2.72. The van der Waals surface area contributed by atoms with Gasteiger partial charge in [0.15, 0.2) is 0 Å². The average Bonchev–Trinajstić information content (AvgIpc) is 2.99. The van der Waals surface area contributed by atoms with Gasteiger partial charge in [0.1, 0.15) is 6.33 Å². The van der Waals surface area contributed by atoms with Crippen molar-refractivity contribution in [3.05, 3.63) is 40.6 Å². The summed E-state index contributed by atoms with van der Waals surface area (Å²) in [7, 11) is 1.64. The van der Waals surface area contributed by atoms with Crippen LogP contribution in [-0.2, 0) is 7.05 Å². The van der Waals surface area contributed by atoms with Gasteiger partial charge in [-0.15, -0.1) is 5.10 Å². The van der Waals surface area contributed by atoms with E-state index in [-0.39, 0.29) is 17.4 Å². The fraction of sp³-hybridized carbons (Fsp3) is 0.467. The Labute approximate surface area is 128 Å². The second-order valence-electron chi connectivity index (χ2n) is 5.66. The van der Waals surface area contributed by atoms with Gasteiger partial charge in [0.25, 0.3) is 11.5 Å². The van der Waals surface area contributed by atoms with E-state index in [2.05, 4.69) is 15.4 Å². The summed E-state index contributed by atoms with van der Waals surface area (Å²) in [4.78, 5) is 27.8. The van der Waals surface area contributed by atoms with Gasteiger partial charge in [-0.25, -0.2) is 9.67 Å². The van der Waals surface area contributed by atoms with E-state index >= 15 is 0 Å². The maximum Gasteiger partial charge on any atom is 0.258 e. The average molecular weight is 301 g/mol. The molecule has 0 unspecified atom stereocenters. The molecule has 0 spiro atoms. The van der Waals surface area contributed by atoms with E-state index in [1.807, 2.05) is 4.68 Å². The van der Waals surface area contributed by atoms with Gasteiger partial charge in [-0.1, -0.05) is 19.3 Å². The van der Waals surface area contributed by atoms with Crippen LogP contribution in [0.2, 0.25) is 0 Å². The summed E-state index contributed by atoms with van der Waals surface area (Å²) in [6.07, 6.45) is 9.12. The lowest BCUT2D eigenvalue weighted by atomic mass is 9.96. The lowest BCUT2D eigenvalue weighted by molar-refractivity contribution is 0.102. The van der Waals surface area contributed by atoms with Gasteiger partial charge in [-0.3, -0.25) is 14.9 Å². The molecule has 0 radical (unpaired) electrons. The van der Waals surface area contributed by atoms with Crippen molar-refractivity contribution in [1.29, 1.82) is 0 Å². The monoisotopic (exact) mass is 301 g/mol. The molecule has 7 heteroatoms. The molecular weight excluding hydrogens is 282 g/mol. The molecule has 1 fully saturated rings. The van der Waals surface area contributed by atoms with E-state index < -0.39 is 0 Å². The third-order valence-corrected chi connectivity index (χ3v) is 4.05. The normalized spacial score (nSPS) is 15.7. The molecule has 1 N–H and O–H groups in total. The highest BCUT2D eigenvalue weighted by Gasteiger charge is 2.17. The van der Waals surface area contributed by atoms with E-state index in [1.165, 1.54) is 29.9 Å². The van der Waals surface area contributed by atoms with Gasteiger partial charge in [-0.05, 0) is 18.9 Å². The van der Waals surface area contributed by atoms with Gasteiger partial charge in [0.05, 0.1) is 6.04 Å². The Morgan fingerprint density at radius 2 is 2.09 bits per heavy atom. The molecule has 1 amide bonds. The van der Waals surface area contributed by atoms with Crippen molar-refractivity contribution < 1.29 is 4.79 Å². The lowest BCUT2D eigenvalue weighted by Crippen LogP contribution is -2.20. The van der Waals surface area contributed by atoms with Crippen LogP contribution >= 0.6 is 0 Å². The van der Waals surface area contributed by atoms with E-state index in [0.29, 0.717) is 11.6 Å². The summed E-state index contributed by atoms with van der Waals surface area (Å²) in [5.74, 6) is -0.102. The number of nitrogens with one attached hydrogen (secondary N) is 1. The Bertz CT molecular complexity index is 728. The first-order valence-corrected chi connectivity index (χ1v) is 7.52. The Hall–Kier alpha value is -2.44. The molecule has 1 aliphatic rings. The van der Waals surface area contributed by atoms with Gasteiger partial charge in [0.2, 0.25) is 5.95 Å². The molecule has 3 rings (SSSR count). The van der Waals surface area contributed by atoms with Crippen molar-refractivity contribution in [3.63, 3.8) is 0 Å². The van der Waals surface area contributed by atoms with Crippen molar-refractivity contribution in [2.75, 3.05) is 5.32 Å². The lowest BCUT2D eigenvalue weighted by Gasteiger charge is -2.21. The topological polar surface area (TPSA) is 81.8 Å². The first kappa shape index (κ1) is 14.5. The van der Waals surface area contributed by atoms with Crippen LogP contribution in [0.3, 0.4) is 0 Å². The molecule has 7 nitrogen and oxygen atoms in total. The smallest absolute Gasteiger partial charge is 0.258 e. The van der Waals surface area contributed by atoms with Crippen molar-refractivity contribution in [2.45, 2.75) is 38.1 Å². The van der Waals surface area contributed by atoms with Gasteiger partial charge < -0.3 is 4.57 Å². The van der Waals surface area contributed by atoms with Crippen LogP contribution in [0.15, 0.2) is 29.5 Å². The fourth-order valence-corrected chi connectivity index (χ4v) is 2.72. The second kappa shape index (κ2) is 6.13. The quantitative estimate of drug-likeness (QED) is 0.936. The van der Waals surface area contributed by atoms with Gasteiger partial charge >= 0.3 is 0 Å². The van der Waals surface area contributed by atoms with E-state index in [1.54, 1.807) is 25.6 Å². The number of carbonyl (C=O) groups is 1. The summed E-state index contributed by atoms with van der Waals surface area (Å²) in [5.41, 5.74) is 0.0745. The molecule has 0 atom stereocenters. The number of hydrogen-bond donors (Lipinski definition) is 1. The predicted molar refractivity (Wildman–Crippen MR) is 81.8 cm³/mol. The summed E-state index contributed by atoms with van der Waals surface area (Å²) < 4.78 is 3.24. The SMILES string of the molecule is Cn1ccc(C(=O)Nc2ncn(C3CCCCC3)n2)cc1=O. The molecule has 1 aliphatic carbocycles. The van der Waals surface area contributed by atoms with Crippen LogP contribution in [0.5, 0.6) is 0 Å². The summed E-state index contributed by atoms with van der Waals surface area (Å²) in [5, 5.41) is 6.96. The minimum atomic E-state index is -0.376. The zero-order valence-corrected chi connectivity index (χ0v) is 12.5. The highest BCUT2D eigenvalue weighted by Crippen LogP contribution is 2.27. The number of anilines is 1. The molecule has 1 saturated carbocycles. The van der Waals surface area contributed by atoms with E-state index in [9.17, 15) is 9.59 Å². The first-order valence-electron chi connectivity index (χ1n) is 7.52. The molecule has 2 heterocycles. The molecule has 0 saturated heterocycles. The minimum absolute atomic E-state index is 0.228. The number of carbonyl (C=O) groups excluding carboxylic acids is 1. The summed E-state index contributed by atoms with van der Waals surface area (Å²) in [6.45, 7) is 0. The number of aromatic nitrogens is 4. The van der Waals surface area contributed by atoms with Crippen LogP contribution < -0.4 is 10.9 Å². The van der Waals surface area contributed by atoms with Crippen molar-refractivity contribution in [1.82, 2.24) is 19.3 Å². The van der Waals surface area contributed by atoms with Crippen LogP contribution in [-0.4, -0.2) is 25.2 Å². The minimum Gasteiger partial charge on any atom is -0.319 e. The van der Waals surface area contributed by atoms with Crippen LogP contribution in [0, 0.1) is 0 Å². The molecule has 0 aliphatic heterocycles. The van der Waals surface area contributed by atoms with Crippen LogP contribution in [0.4, 0.5) is 5.95 Å². The molecule has 2 aromatic heterocycles. The Morgan fingerprint density at radius 3 is 2.82 bits per heavy atom. The van der Waals surface area contributed by atoms with E-state index in [0.717, 1.165) is 12.8 Å². The standard InChI is InChI=1S/C15H19N5O2/c1-19-8-7-11(9-13(19)21)14(22)17-15-16-10-20(18-15)12-5-3-2-4-6-12/h7-10,12H,2-6H2,1H3,(H,17,18,22). The maximum absolute atomic E-state index is 12.1.